The Labute approximate surface area is 276 Å². The van der Waals surface area contributed by atoms with Gasteiger partial charge in [-0.1, -0.05) is 91.0 Å². The summed E-state index contributed by atoms with van der Waals surface area (Å²) in [6, 6.07) is 42.9. The first-order valence-electron chi connectivity index (χ1n) is 15.7. The van der Waals surface area contributed by atoms with Crippen molar-refractivity contribution in [2.24, 2.45) is 0 Å². The van der Waals surface area contributed by atoms with Crippen LogP contribution in [0.15, 0.2) is 133 Å². The number of hydrogen-bond acceptors (Lipinski definition) is 6. The topological polar surface area (TPSA) is 74.3 Å². The zero-order valence-corrected chi connectivity index (χ0v) is 26.5. The van der Waals surface area contributed by atoms with Crippen LogP contribution in [0.4, 0.5) is 0 Å². The minimum atomic E-state index is -0.381. The van der Waals surface area contributed by atoms with Crippen molar-refractivity contribution in [3.63, 3.8) is 0 Å². The number of nitrogens with zero attached hydrogens (tertiary/aromatic N) is 1. The minimum absolute atomic E-state index is 0.117. The number of ether oxygens (including phenoxy) is 4. The molecule has 0 spiro atoms. The van der Waals surface area contributed by atoms with E-state index in [0.717, 1.165) is 33.8 Å². The first kappa shape index (κ1) is 32.8. The smallest absolute Gasteiger partial charge is 0.302 e. The molecule has 7 heteroatoms. The maximum atomic E-state index is 13.7. The van der Waals surface area contributed by atoms with Crippen molar-refractivity contribution in [1.82, 2.24) is 4.90 Å². The summed E-state index contributed by atoms with van der Waals surface area (Å²) in [6.07, 6.45) is 0.629. The summed E-state index contributed by atoms with van der Waals surface area (Å²) in [6.45, 7) is 3.50. The fraction of sp³-hybridized carbons (Fsp3) is 0.200. The monoisotopic (exact) mass is 629 g/mol. The number of benzene rings is 5. The van der Waals surface area contributed by atoms with E-state index in [4.69, 9.17) is 18.9 Å². The van der Waals surface area contributed by atoms with Crippen LogP contribution in [-0.4, -0.2) is 36.5 Å². The second kappa shape index (κ2) is 17.2. The molecule has 5 rings (SSSR count). The van der Waals surface area contributed by atoms with E-state index in [9.17, 15) is 9.59 Å². The average Bonchev–Trinajstić information content (AvgIpc) is 3.11. The molecule has 0 atom stereocenters. The normalized spacial score (nSPS) is 10.6. The minimum Gasteiger partial charge on any atom is -0.489 e. The molecule has 0 heterocycles. The summed E-state index contributed by atoms with van der Waals surface area (Å²) >= 11 is 0. The van der Waals surface area contributed by atoms with Crippen molar-refractivity contribution < 1.29 is 28.5 Å². The third kappa shape index (κ3) is 10.8. The Morgan fingerprint density at radius 3 is 1.72 bits per heavy atom. The van der Waals surface area contributed by atoms with Crippen molar-refractivity contribution in [2.45, 2.75) is 33.2 Å². The number of rotatable bonds is 16. The van der Waals surface area contributed by atoms with E-state index in [1.807, 2.05) is 115 Å². The van der Waals surface area contributed by atoms with E-state index < -0.39 is 0 Å². The van der Waals surface area contributed by atoms with Gasteiger partial charge in [0.1, 0.15) is 43.7 Å². The van der Waals surface area contributed by atoms with Gasteiger partial charge in [-0.05, 0) is 71.1 Å². The van der Waals surface area contributed by atoms with Crippen LogP contribution in [0.1, 0.15) is 39.5 Å². The molecule has 0 aliphatic carbocycles. The number of carbonyl (C=O) groups is 2. The lowest BCUT2D eigenvalue weighted by Gasteiger charge is -2.23. The van der Waals surface area contributed by atoms with Gasteiger partial charge >= 0.3 is 5.97 Å². The molecule has 0 N–H and O–H groups in total. The summed E-state index contributed by atoms with van der Waals surface area (Å²) in [5.41, 5.74) is 4.71. The molecule has 1 amide bonds. The maximum Gasteiger partial charge on any atom is 0.302 e. The maximum absolute atomic E-state index is 13.7. The summed E-state index contributed by atoms with van der Waals surface area (Å²) in [7, 11) is 0. The molecule has 7 nitrogen and oxygen atoms in total. The molecule has 5 aromatic carbocycles. The van der Waals surface area contributed by atoms with Gasteiger partial charge in [-0.2, -0.15) is 0 Å². The second-order valence-electron chi connectivity index (χ2n) is 11.0. The van der Waals surface area contributed by atoms with Crippen molar-refractivity contribution >= 4 is 11.9 Å². The van der Waals surface area contributed by atoms with Crippen LogP contribution in [0, 0.1) is 0 Å². The van der Waals surface area contributed by atoms with E-state index in [-0.39, 0.29) is 25.0 Å². The molecule has 0 aromatic heterocycles. The average molecular weight is 630 g/mol. The molecule has 0 saturated heterocycles. The largest absolute Gasteiger partial charge is 0.489 e. The van der Waals surface area contributed by atoms with Crippen LogP contribution in [0.25, 0.3) is 0 Å². The van der Waals surface area contributed by atoms with Crippen LogP contribution in [0.3, 0.4) is 0 Å². The molecular weight excluding hydrogens is 590 g/mol. The Balaban J connectivity index is 1.17. The highest BCUT2D eigenvalue weighted by molar-refractivity contribution is 5.94. The molecule has 240 valence electrons. The van der Waals surface area contributed by atoms with Crippen LogP contribution in [-0.2, 0) is 35.8 Å². The van der Waals surface area contributed by atoms with E-state index in [2.05, 4.69) is 0 Å². The van der Waals surface area contributed by atoms with E-state index in [0.29, 0.717) is 44.1 Å². The van der Waals surface area contributed by atoms with Crippen LogP contribution in [0.2, 0.25) is 0 Å². The Morgan fingerprint density at radius 2 is 1.09 bits per heavy atom. The van der Waals surface area contributed by atoms with Crippen molar-refractivity contribution in [3.05, 3.63) is 161 Å². The third-order valence-corrected chi connectivity index (χ3v) is 7.43. The molecule has 0 saturated carbocycles. The van der Waals surface area contributed by atoms with Crippen molar-refractivity contribution in [3.8, 4) is 17.2 Å². The molecular formula is C40H39NO6. The Hall–Kier alpha value is -5.56. The second-order valence-corrected chi connectivity index (χ2v) is 11.0. The quantitative estimate of drug-likeness (QED) is 0.104. The summed E-state index contributed by atoms with van der Waals surface area (Å²) < 4.78 is 23.1. The predicted octanol–water partition coefficient (Wildman–Crippen LogP) is 7.67. The predicted molar refractivity (Wildman–Crippen MR) is 181 cm³/mol. The van der Waals surface area contributed by atoms with E-state index in [1.54, 1.807) is 23.1 Å². The number of carbonyl (C=O) groups excluding carboxylic acids is 2. The van der Waals surface area contributed by atoms with Crippen molar-refractivity contribution in [1.29, 1.82) is 0 Å². The molecule has 47 heavy (non-hydrogen) atoms. The molecule has 5 aromatic rings. The van der Waals surface area contributed by atoms with Crippen LogP contribution < -0.4 is 14.2 Å². The summed E-state index contributed by atoms with van der Waals surface area (Å²) in [5.74, 6) is 1.58. The highest BCUT2D eigenvalue weighted by atomic mass is 16.5. The molecule has 0 fully saturated rings. The fourth-order valence-electron chi connectivity index (χ4n) is 4.91. The lowest BCUT2D eigenvalue weighted by molar-refractivity contribution is -0.141. The van der Waals surface area contributed by atoms with Gasteiger partial charge in [0.05, 0.1) is 6.54 Å². The summed E-state index contributed by atoms with van der Waals surface area (Å²) in [5, 5.41) is 0. The SMILES string of the molecule is CC(=O)OCCN(CCc1ccc(OCc2ccccc2)cc1)C(=O)c1cccc(OCc2cccc(OCc3ccccc3)c2)c1. The highest BCUT2D eigenvalue weighted by Gasteiger charge is 2.17. The summed E-state index contributed by atoms with van der Waals surface area (Å²) in [4.78, 5) is 26.8. The zero-order valence-electron chi connectivity index (χ0n) is 26.5. The molecule has 0 unspecified atom stereocenters. The number of hydrogen-bond donors (Lipinski definition) is 0. The third-order valence-electron chi connectivity index (χ3n) is 7.43. The van der Waals surface area contributed by atoms with Crippen molar-refractivity contribution in [2.75, 3.05) is 19.7 Å². The lowest BCUT2D eigenvalue weighted by atomic mass is 10.1. The first-order valence-corrected chi connectivity index (χ1v) is 15.7. The Kier molecular flexibility index (Phi) is 12.0. The molecule has 0 aliphatic rings. The molecule has 0 aliphatic heterocycles. The molecule has 0 bridgehead atoms. The Bertz CT molecular complexity index is 1710. The van der Waals surface area contributed by atoms with Gasteiger partial charge in [-0.25, -0.2) is 0 Å². The fourth-order valence-corrected chi connectivity index (χ4v) is 4.91. The highest BCUT2D eigenvalue weighted by Crippen LogP contribution is 2.21. The van der Waals surface area contributed by atoms with Gasteiger partial charge in [-0.15, -0.1) is 0 Å². The first-order chi connectivity index (χ1) is 23.0. The molecule has 0 radical (unpaired) electrons. The zero-order chi connectivity index (χ0) is 32.7. The Morgan fingerprint density at radius 1 is 0.532 bits per heavy atom. The number of esters is 1. The van der Waals surface area contributed by atoms with Gasteiger partial charge in [0, 0.05) is 19.0 Å². The van der Waals surface area contributed by atoms with Gasteiger partial charge < -0.3 is 23.8 Å². The van der Waals surface area contributed by atoms with Gasteiger partial charge in [-0.3, -0.25) is 9.59 Å². The van der Waals surface area contributed by atoms with Gasteiger partial charge in [0.25, 0.3) is 5.91 Å². The van der Waals surface area contributed by atoms with Crippen LogP contribution >= 0.6 is 0 Å². The lowest BCUT2D eigenvalue weighted by Crippen LogP contribution is -2.36. The standard InChI is InChI=1S/C40H39NO6/c1-31(42)44-25-24-41(23-22-32-18-20-37(21-19-32)45-28-33-10-4-2-5-11-33)40(43)36-15-9-17-39(27-36)47-30-35-14-8-16-38(26-35)46-29-34-12-6-3-7-13-34/h2-21,26-27H,22-25,28-30H2,1H3. The van der Waals surface area contributed by atoms with Gasteiger partial charge in [0.15, 0.2) is 0 Å². The number of amides is 1. The van der Waals surface area contributed by atoms with E-state index in [1.165, 1.54) is 6.92 Å². The van der Waals surface area contributed by atoms with Gasteiger partial charge in [0.2, 0.25) is 0 Å². The van der Waals surface area contributed by atoms with Crippen LogP contribution in [0.5, 0.6) is 17.2 Å². The van der Waals surface area contributed by atoms with E-state index >= 15 is 0 Å².